The number of carbonyl (C=O) groups is 2. The molecule has 3 fully saturated rings. The van der Waals surface area contributed by atoms with Crippen LogP contribution in [0.25, 0.3) is 0 Å². The summed E-state index contributed by atoms with van der Waals surface area (Å²) in [4.78, 5) is 33.8. The van der Waals surface area contributed by atoms with Gasteiger partial charge in [-0.05, 0) is 39.3 Å². The van der Waals surface area contributed by atoms with Crippen molar-refractivity contribution in [2.24, 2.45) is 11.7 Å². The van der Waals surface area contributed by atoms with E-state index in [9.17, 15) is 9.59 Å². The maximum atomic E-state index is 12.9. The summed E-state index contributed by atoms with van der Waals surface area (Å²) in [5.74, 6) is 0.704. The molecular formula is C19H35N5O2. The molecule has 2 amide bonds. The lowest BCUT2D eigenvalue weighted by molar-refractivity contribution is -0.139. The van der Waals surface area contributed by atoms with Gasteiger partial charge in [0.1, 0.15) is 0 Å². The van der Waals surface area contributed by atoms with Crippen LogP contribution in [0.5, 0.6) is 0 Å². The topological polar surface area (TPSA) is 73.1 Å². The van der Waals surface area contributed by atoms with E-state index >= 15 is 0 Å². The van der Waals surface area contributed by atoms with Gasteiger partial charge in [-0.15, -0.1) is 0 Å². The average Bonchev–Trinajstić information content (AvgIpc) is 2.68. The molecule has 0 saturated carbocycles. The van der Waals surface area contributed by atoms with Gasteiger partial charge in [-0.2, -0.15) is 0 Å². The highest BCUT2D eigenvalue weighted by Gasteiger charge is 2.34. The monoisotopic (exact) mass is 365 g/mol. The fraction of sp³-hybridized carbons (Fsp3) is 0.895. The predicted octanol–water partition coefficient (Wildman–Crippen LogP) is -0.188. The van der Waals surface area contributed by atoms with E-state index in [2.05, 4.69) is 21.7 Å². The molecule has 3 rings (SSSR count). The van der Waals surface area contributed by atoms with Gasteiger partial charge in [0.25, 0.3) is 0 Å². The quantitative estimate of drug-likeness (QED) is 0.748. The summed E-state index contributed by atoms with van der Waals surface area (Å²) in [6.45, 7) is 7.78. The SMILES string of the molecule is CN1CCN(C(=O)C2CCCN(C3CCN(C(=O)CCN)CC3)C2)CC1. The number of piperidine rings is 2. The van der Waals surface area contributed by atoms with Gasteiger partial charge in [0, 0.05) is 64.8 Å². The fourth-order valence-electron chi connectivity index (χ4n) is 4.59. The van der Waals surface area contributed by atoms with E-state index in [-0.39, 0.29) is 11.8 Å². The molecule has 26 heavy (non-hydrogen) atoms. The molecule has 0 aromatic heterocycles. The Morgan fingerprint density at radius 2 is 1.62 bits per heavy atom. The predicted molar refractivity (Wildman–Crippen MR) is 102 cm³/mol. The molecule has 3 aliphatic heterocycles. The summed E-state index contributed by atoms with van der Waals surface area (Å²) < 4.78 is 0. The Balaban J connectivity index is 1.48. The van der Waals surface area contributed by atoms with Crippen molar-refractivity contribution in [3.05, 3.63) is 0 Å². The molecule has 0 radical (unpaired) electrons. The van der Waals surface area contributed by atoms with E-state index in [1.54, 1.807) is 0 Å². The molecule has 7 heteroatoms. The highest BCUT2D eigenvalue weighted by molar-refractivity contribution is 5.79. The largest absolute Gasteiger partial charge is 0.343 e. The van der Waals surface area contributed by atoms with Crippen molar-refractivity contribution in [2.45, 2.75) is 38.1 Å². The van der Waals surface area contributed by atoms with Crippen LogP contribution in [0.2, 0.25) is 0 Å². The number of nitrogens with two attached hydrogens (primary N) is 1. The molecular weight excluding hydrogens is 330 g/mol. The molecule has 0 aromatic carbocycles. The molecule has 7 nitrogen and oxygen atoms in total. The van der Waals surface area contributed by atoms with Crippen molar-refractivity contribution in [3.8, 4) is 0 Å². The molecule has 1 unspecified atom stereocenters. The minimum absolute atomic E-state index is 0.157. The fourth-order valence-corrected chi connectivity index (χ4v) is 4.59. The maximum Gasteiger partial charge on any atom is 0.227 e. The van der Waals surface area contributed by atoms with E-state index < -0.39 is 0 Å². The van der Waals surface area contributed by atoms with Gasteiger partial charge < -0.3 is 20.4 Å². The molecule has 2 N–H and O–H groups in total. The Morgan fingerprint density at radius 1 is 0.923 bits per heavy atom. The van der Waals surface area contributed by atoms with E-state index in [0.717, 1.165) is 78.0 Å². The van der Waals surface area contributed by atoms with Crippen LogP contribution >= 0.6 is 0 Å². The second kappa shape index (κ2) is 9.15. The van der Waals surface area contributed by atoms with Crippen LogP contribution < -0.4 is 5.73 Å². The first-order valence-corrected chi connectivity index (χ1v) is 10.3. The van der Waals surface area contributed by atoms with Gasteiger partial charge in [-0.3, -0.25) is 14.5 Å². The van der Waals surface area contributed by atoms with Gasteiger partial charge in [-0.25, -0.2) is 0 Å². The number of amides is 2. The number of likely N-dealkylation sites (tertiary alicyclic amines) is 2. The second-order valence-electron chi connectivity index (χ2n) is 8.11. The van der Waals surface area contributed by atoms with Crippen LogP contribution in [0.3, 0.4) is 0 Å². The number of nitrogens with zero attached hydrogens (tertiary/aromatic N) is 4. The zero-order valence-electron chi connectivity index (χ0n) is 16.2. The number of likely N-dealkylation sites (N-methyl/N-ethyl adjacent to an activating group) is 1. The third-order valence-electron chi connectivity index (χ3n) is 6.31. The molecule has 3 saturated heterocycles. The second-order valence-corrected chi connectivity index (χ2v) is 8.11. The Hall–Kier alpha value is -1.18. The summed E-state index contributed by atoms with van der Waals surface area (Å²) in [6.07, 6.45) is 4.62. The zero-order valence-corrected chi connectivity index (χ0v) is 16.2. The summed E-state index contributed by atoms with van der Waals surface area (Å²) in [7, 11) is 2.12. The van der Waals surface area contributed by atoms with Crippen molar-refractivity contribution < 1.29 is 9.59 Å². The number of rotatable bonds is 4. The van der Waals surface area contributed by atoms with Crippen molar-refractivity contribution >= 4 is 11.8 Å². The summed E-state index contributed by atoms with van der Waals surface area (Å²) >= 11 is 0. The highest BCUT2D eigenvalue weighted by Crippen LogP contribution is 2.25. The van der Waals surface area contributed by atoms with Gasteiger partial charge >= 0.3 is 0 Å². The third kappa shape index (κ3) is 4.75. The molecule has 0 aromatic rings. The van der Waals surface area contributed by atoms with Crippen LogP contribution in [0.4, 0.5) is 0 Å². The van der Waals surface area contributed by atoms with E-state index in [4.69, 9.17) is 5.73 Å². The van der Waals surface area contributed by atoms with Gasteiger partial charge in [-0.1, -0.05) is 0 Å². The molecule has 1 atom stereocenters. The number of hydrogen-bond donors (Lipinski definition) is 1. The van der Waals surface area contributed by atoms with Crippen LogP contribution in [0.15, 0.2) is 0 Å². The minimum atomic E-state index is 0.157. The number of carbonyl (C=O) groups excluding carboxylic acids is 2. The first kappa shape index (κ1) is 19.6. The summed E-state index contributed by atoms with van der Waals surface area (Å²) in [5, 5.41) is 0. The first-order valence-electron chi connectivity index (χ1n) is 10.3. The van der Waals surface area contributed by atoms with Crippen LogP contribution in [-0.2, 0) is 9.59 Å². The van der Waals surface area contributed by atoms with Crippen molar-refractivity contribution in [3.63, 3.8) is 0 Å². The lowest BCUT2D eigenvalue weighted by atomic mass is 9.92. The molecule has 3 aliphatic rings. The first-order chi connectivity index (χ1) is 12.6. The van der Waals surface area contributed by atoms with E-state index in [1.165, 1.54) is 0 Å². The highest BCUT2D eigenvalue weighted by atomic mass is 16.2. The normalized spacial score (nSPS) is 26.9. The van der Waals surface area contributed by atoms with Gasteiger partial charge in [0.2, 0.25) is 11.8 Å². The Kier molecular flexibility index (Phi) is 6.89. The van der Waals surface area contributed by atoms with Crippen molar-refractivity contribution in [1.29, 1.82) is 0 Å². The Morgan fingerprint density at radius 3 is 2.27 bits per heavy atom. The number of hydrogen-bond acceptors (Lipinski definition) is 5. The van der Waals surface area contributed by atoms with E-state index in [1.807, 2.05) is 4.90 Å². The number of piperazine rings is 1. The zero-order chi connectivity index (χ0) is 18.5. The molecule has 0 aliphatic carbocycles. The smallest absolute Gasteiger partial charge is 0.227 e. The van der Waals surface area contributed by atoms with Crippen molar-refractivity contribution in [2.75, 3.05) is 66.0 Å². The van der Waals surface area contributed by atoms with Crippen LogP contribution in [0, 0.1) is 5.92 Å². The van der Waals surface area contributed by atoms with Crippen LogP contribution in [0.1, 0.15) is 32.1 Å². The Labute approximate surface area is 157 Å². The Bertz CT molecular complexity index is 484. The molecule has 0 bridgehead atoms. The van der Waals surface area contributed by atoms with E-state index in [0.29, 0.717) is 24.9 Å². The molecule has 0 spiro atoms. The van der Waals surface area contributed by atoms with Crippen molar-refractivity contribution in [1.82, 2.24) is 19.6 Å². The summed E-state index contributed by atoms with van der Waals surface area (Å²) in [5.41, 5.74) is 5.50. The van der Waals surface area contributed by atoms with Gasteiger partial charge in [0.15, 0.2) is 0 Å². The maximum absolute atomic E-state index is 12.9. The molecule has 148 valence electrons. The standard InChI is InChI=1S/C19H35N5O2/c1-21-11-13-23(14-12-21)19(26)16-3-2-8-24(15-16)17-5-9-22(10-6-17)18(25)4-7-20/h16-17H,2-15,20H2,1H3. The third-order valence-corrected chi connectivity index (χ3v) is 6.31. The average molecular weight is 366 g/mol. The summed E-state index contributed by atoms with van der Waals surface area (Å²) in [6, 6.07) is 0.514. The van der Waals surface area contributed by atoms with Crippen LogP contribution in [-0.4, -0.2) is 103 Å². The lowest BCUT2D eigenvalue weighted by Crippen LogP contribution is -2.54. The molecule has 3 heterocycles. The lowest BCUT2D eigenvalue weighted by Gasteiger charge is -2.43. The van der Waals surface area contributed by atoms with Gasteiger partial charge in [0.05, 0.1) is 5.92 Å². The minimum Gasteiger partial charge on any atom is -0.343 e.